The van der Waals surface area contributed by atoms with Crippen LogP contribution in [0.25, 0.3) is 0 Å². The molecular weight excluding hydrogens is 250 g/mol. The topological polar surface area (TPSA) is 0 Å². The number of hydrogen-bond donors (Lipinski definition) is 0. The fourth-order valence-electron chi connectivity index (χ4n) is 1.92. The maximum Gasteiger partial charge on any atom is 0.0619 e. The molecule has 1 saturated carbocycles. The van der Waals surface area contributed by atoms with Crippen LogP contribution in [0.15, 0.2) is 18.2 Å². The molecule has 0 nitrogen and oxygen atoms in total. The van der Waals surface area contributed by atoms with Gasteiger partial charge in [-0.25, -0.2) is 0 Å². The molecule has 0 radical (unpaired) electrons. The van der Waals surface area contributed by atoms with E-state index in [9.17, 15) is 0 Å². The third-order valence-electron chi connectivity index (χ3n) is 3.21. The van der Waals surface area contributed by atoms with Crippen molar-refractivity contribution in [3.05, 3.63) is 33.8 Å². The van der Waals surface area contributed by atoms with Crippen molar-refractivity contribution in [2.45, 2.75) is 25.6 Å². The highest BCUT2D eigenvalue weighted by Crippen LogP contribution is 2.60. The Morgan fingerprint density at radius 3 is 2.33 bits per heavy atom. The molecule has 0 bridgehead atoms. The average Bonchev–Trinajstić information content (AvgIpc) is 2.79. The molecule has 0 saturated heterocycles. The van der Waals surface area contributed by atoms with Crippen molar-refractivity contribution in [1.29, 1.82) is 0 Å². The highest BCUT2D eigenvalue weighted by atomic mass is 35.5. The molecular formula is C12H13Cl3. The normalized spacial score (nSPS) is 25.0. The molecule has 1 aromatic rings. The van der Waals surface area contributed by atoms with Crippen molar-refractivity contribution < 1.29 is 0 Å². The Morgan fingerprint density at radius 2 is 1.87 bits per heavy atom. The van der Waals surface area contributed by atoms with Gasteiger partial charge in [-0.15, -0.1) is 11.6 Å². The molecule has 0 aromatic heterocycles. The highest BCUT2D eigenvalue weighted by Gasteiger charge is 2.49. The van der Waals surface area contributed by atoms with Gasteiger partial charge in [0.15, 0.2) is 0 Å². The van der Waals surface area contributed by atoms with Crippen LogP contribution in [-0.4, -0.2) is 0 Å². The number of alkyl halides is 1. The lowest BCUT2D eigenvalue weighted by Gasteiger charge is -2.12. The van der Waals surface area contributed by atoms with E-state index in [4.69, 9.17) is 34.8 Å². The molecule has 1 aromatic carbocycles. The second kappa shape index (κ2) is 3.84. The Labute approximate surface area is 106 Å². The Balaban J connectivity index is 2.20. The first-order chi connectivity index (χ1) is 6.92. The van der Waals surface area contributed by atoms with E-state index in [1.54, 1.807) is 0 Å². The first-order valence-electron chi connectivity index (χ1n) is 5.01. The lowest BCUT2D eigenvalue weighted by atomic mass is 10.0. The Bertz CT molecular complexity index is 384. The summed E-state index contributed by atoms with van der Waals surface area (Å²) < 4.78 is 0. The number of hydrogen-bond acceptors (Lipinski definition) is 0. The van der Waals surface area contributed by atoms with E-state index in [2.05, 4.69) is 13.8 Å². The largest absolute Gasteiger partial charge is 0.117 e. The van der Waals surface area contributed by atoms with Gasteiger partial charge in [0.2, 0.25) is 0 Å². The third-order valence-corrected chi connectivity index (χ3v) is 4.50. The molecule has 2 atom stereocenters. The van der Waals surface area contributed by atoms with Gasteiger partial charge in [-0.3, -0.25) is 0 Å². The highest BCUT2D eigenvalue weighted by molar-refractivity contribution is 6.42. The fourth-order valence-corrected chi connectivity index (χ4v) is 2.80. The summed E-state index contributed by atoms with van der Waals surface area (Å²) in [7, 11) is 0. The van der Waals surface area contributed by atoms with Crippen LogP contribution in [0.5, 0.6) is 0 Å². The molecule has 0 aliphatic heterocycles. The van der Waals surface area contributed by atoms with Crippen LogP contribution in [0.1, 0.15) is 31.2 Å². The van der Waals surface area contributed by atoms with Gasteiger partial charge in [-0.1, -0.05) is 43.1 Å². The summed E-state index contributed by atoms with van der Waals surface area (Å²) in [6.07, 6.45) is 1.18. The van der Waals surface area contributed by atoms with Gasteiger partial charge in [0.1, 0.15) is 0 Å². The van der Waals surface area contributed by atoms with Crippen molar-refractivity contribution >= 4 is 34.8 Å². The van der Waals surface area contributed by atoms with Crippen LogP contribution in [0.3, 0.4) is 0 Å². The summed E-state index contributed by atoms with van der Waals surface area (Å²) in [4.78, 5) is 0. The molecule has 0 spiro atoms. The first-order valence-corrected chi connectivity index (χ1v) is 6.20. The lowest BCUT2D eigenvalue weighted by molar-refractivity contribution is 0.548. The minimum atomic E-state index is 0.0507. The fraction of sp³-hybridized carbons (Fsp3) is 0.500. The number of halogens is 3. The van der Waals surface area contributed by atoms with Gasteiger partial charge in [0.25, 0.3) is 0 Å². The van der Waals surface area contributed by atoms with Gasteiger partial charge in [-0.2, -0.15) is 0 Å². The maximum absolute atomic E-state index is 6.41. The molecule has 0 heterocycles. The standard InChI is InChI=1S/C12H13Cl3/c1-12(2)6-8(12)11(15)7-3-4-9(13)10(14)5-7/h3-5,8,11H,6H2,1-2H3. The molecule has 82 valence electrons. The molecule has 1 fully saturated rings. The van der Waals surface area contributed by atoms with Crippen molar-refractivity contribution in [1.82, 2.24) is 0 Å². The van der Waals surface area contributed by atoms with Crippen molar-refractivity contribution in [3.63, 3.8) is 0 Å². The molecule has 2 unspecified atom stereocenters. The summed E-state index contributed by atoms with van der Waals surface area (Å²) >= 11 is 18.2. The predicted molar refractivity (Wildman–Crippen MR) is 66.9 cm³/mol. The van der Waals surface area contributed by atoms with Gasteiger partial charge in [0.05, 0.1) is 15.4 Å². The quantitative estimate of drug-likeness (QED) is 0.634. The molecule has 15 heavy (non-hydrogen) atoms. The van der Waals surface area contributed by atoms with E-state index in [1.807, 2.05) is 18.2 Å². The van der Waals surface area contributed by atoms with Gasteiger partial charge in [0, 0.05) is 0 Å². The summed E-state index contributed by atoms with van der Waals surface area (Å²) in [6.45, 7) is 4.48. The van der Waals surface area contributed by atoms with E-state index in [-0.39, 0.29) is 5.38 Å². The molecule has 0 N–H and O–H groups in total. The molecule has 3 heteroatoms. The van der Waals surface area contributed by atoms with E-state index >= 15 is 0 Å². The van der Waals surface area contributed by atoms with Gasteiger partial charge in [-0.05, 0) is 35.4 Å². The molecule has 2 rings (SSSR count). The van der Waals surface area contributed by atoms with Crippen molar-refractivity contribution in [2.24, 2.45) is 11.3 Å². The van der Waals surface area contributed by atoms with Gasteiger partial charge >= 0.3 is 0 Å². The van der Waals surface area contributed by atoms with Crippen LogP contribution in [0.2, 0.25) is 10.0 Å². The Hall–Kier alpha value is 0.0900. The average molecular weight is 264 g/mol. The first kappa shape index (κ1) is 11.6. The van der Waals surface area contributed by atoms with E-state index in [0.717, 1.165) is 5.56 Å². The van der Waals surface area contributed by atoms with Crippen LogP contribution in [-0.2, 0) is 0 Å². The minimum Gasteiger partial charge on any atom is -0.117 e. The third kappa shape index (κ3) is 2.27. The van der Waals surface area contributed by atoms with Crippen LogP contribution < -0.4 is 0 Å². The minimum absolute atomic E-state index is 0.0507. The van der Waals surface area contributed by atoms with Crippen molar-refractivity contribution in [3.8, 4) is 0 Å². The van der Waals surface area contributed by atoms with Crippen LogP contribution in [0, 0.1) is 11.3 Å². The molecule has 1 aliphatic rings. The monoisotopic (exact) mass is 262 g/mol. The zero-order chi connectivity index (χ0) is 11.2. The second-order valence-electron chi connectivity index (χ2n) is 4.87. The smallest absolute Gasteiger partial charge is 0.0619 e. The lowest BCUT2D eigenvalue weighted by Crippen LogP contribution is -1.99. The summed E-state index contributed by atoms with van der Waals surface area (Å²) in [5.41, 5.74) is 1.44. The van der Waals surface area contributed by atoms with Crippen molar-refractivity contribution in [2.75, 3.05) is 0 Å². The van der Waals surface area contributed by atoms with Gasteiger partial charge < -0.3 is 0 Å². The zero-order valence-electron chi connectivity index (χ0n) is 8.73. The SMILES string of the molecule is CC1(C)CC1C(Cl)c1ccc(Cl)c(Cl)c1. The summed E-state index contributed by atoms with van der Waals surface area (Å²) in [6, 6.07) is 5.64. The predicted octanol–water partition coefficient (Wildman–Crippen LogP) is 5.32. The molecule has 0 amide bonds. The number of rotatable bonds is 2. The second-order valence-corrected chi connectivity index (χ2v) is 6.16. The Morgan fingerprint density at radius 1 is 1.27 bits per heavy atom. The van der Waals surface area contributed by atoms with E-state index < -0.39 is 0 Å². The van der Waals surface area contributed by atoms with Crippen LogP contribution in [0.4, 0.5) is 0 Å². The van der Waals surface area contributed by atoms with E-state index in [0.29, 0.717) is 21.4 Å². The van der Waals surface area contributed by atoms with Crippen LogP contribution >= 0.6 is 34.8 Å². The summed E-state index contributed by atoms with van der Waals surface area (Å²) in [5, 5.41) is 1.22. The summed E-state index contributed by atoms with van der Waals surface area (Å²) in [5.74, 6) is 0.552. The number of benzene rings is 1. The maximum atomic E-state index is 6.41. The zero-order valence-corrected chi connectivity index (χ0v) is 11.0. The molecule has 1 aliphatic carbocycles. The van der Waals surface area contributed by atoms with E-state index in [1.165, 1.54) is 6.42 Å². The Kier molecular flexibility index (Phi) is 2.96.